The first-order chi connectivity index (χ1) is 13.0. The lowest BCUT2D eigenvalue weighted by atomic mass is 10.2. The summed E-state index contributed by atoms with van der Waals surface area (Å²) in [5, 5.41) is 6.43. The highest BCUT2D eigenvalue weighted by molar-refractivity contribution is 6.31. The monoisotopic (exact) mass is 389 g/mol. The van der Waals surface area contributed by atoms with Crippen LogP contribution in [-0.4, -0.2) is 31.1 Å². The summed E-state index contributed by atoms with van der Waals surface area (Å²) in [4.78, 5) is 17.0. The summed E-state index contributed by atoms with van der Waals surface area (Å²) in [6.45, 7) is 3.02. The van der Waals surface area contributed by atoms with Crippen molar-refractivity contribution in [3.8, 4) is 0 Å². The van der Waals surface area contributed by atoms with Gasteiger partial charge in [-0.15, -0.1) is 0 Å². The first-order valence-corrected chi connectivity index (χ1v) is 9.16. The average Bonchev–Trinajstić information content (AvgIpc) is 3.17. The van der Waals surface area contributed by atoms with Gasteiger partial charge in [-0.2, -0.15) is 0 Å². The Morgan fingerprint density at radius 3 is 2.89 bits per heavy atom. The van der Waals surface area contributed by atoms with Gasteiger partial charge in [0, 0.05) is 22.9 Å². The first kappa shape index (κ1) is 19.3. The molecule has 0 saturated carbocycles. The van der Waals surface area contributed by atoms with Crippen molar-refractivity contribution in [3.63, 3.8) is 0 Å². The molecule has 2 aromatic rings. The van der Waals surface area contributed by atoms with Crippen LogP contribution in [0.2, 0.25) is 5.02 Å². The minimum absolute atomic E-state index is 0.0355. The van der Waals surface area contributed by atoms with Crippen molar-refractivity contribution in [1.29, 1.82) is 0 Å². The fraction of sp³-hybridized carbons (Fsp3) is 0.300. The summed E-state index contributed by atoms with van der Waals surface area (Å²) in [5.74, 6) is -0.656. The second-order valence-corrected chi connectivity index (χ2v) is 6.73. The first-order valence-electron chi connectivity index (χ1n) is 8.78. The van der Waals surface area contributed by atoms with Crippen LogP contribution in [0.25, 0.3) is 0 Å². The summed E-state index contributed by atoms with van der Waals surface area (Å²) in [6.07, 6.45) is 1.98. The van der Waals surface area contributed by atoms with E-state index in [0.29, 0.717) is 11.6 Å². The van der Waals surface area contributed by atoms with Crippen molar-refractivity contribution in [2.75, 3.05) is 18.5 Å². The predicted molar refractivity (Wildman–Crippen MR) is 105 cm³/mol. The van der Waals surface area contributed by atoms with Gasteiger partial charge in [-0.05, 0) is 55.7 Å². The number of anilines is 1. The highest BCUT2D eigenvalue weighted by Crippen LogP contribution is 2.23. The molecule has 142 valence electrons. The lowest BCUT2D eigenvalue weighted by Gasteiger charge is -2.15. The zero-order valence-electron chi connectivity index (χ0n) is 15.0. The number of guanidine groups is 1. The third-order valence-electron chi connectivity index (χ3n) is 4.32. The molecule has 7 heteroatoms. The zero-order chi connectivity index (χ0) is 19.2. The Labute approximate surface area is 162 Å². The number of nitrogens with zero attached hydrogens (tertiary/aromatic N) is 1. The Morgan fingerprint density at radius 1 is 1.33 bits per heavy atom. The molecule has 0 aromatic heterocycles. The van der Waals surface area contributed by atoms with Crippen LogP contribution in [0, 0.1) is 12.7 Å². The van der Waals surface area contributed by atoms with Gasteiger partial charge in [0.25, 0.3) is 5.91 Å². The molecule has 1 atom stereocenters. The smallest absolute Gasteiger partial charge is 0.258 e. The number of ether oxygens (including phenoxy) is 1. The highest BCUT2D eigenvalue weighted by atomic mass is 35.5. The van der Waals surface area contributed by atoms with E-state index < -0.39 is 11.7 Å². The van der Waals surface area contributed by atoms with E-state index >= 15 is 0 Å². The Kier molecular flexibility index (Phi) is 6.42. The molecule has 1 aliphatic heterocycles. The second kappa shape index (κ2) is 8.97. The van der Waals surface area contributed by atoms with Gasteiger partial charge in [-0.1, -0.05) is 23.7 Å². The summed E-state index contributed by atoms with van der Waals surface area (Å²) < 4.78 is 19.0. The van der Waals surface area contributed by atoms with Crippen molar-refractivity contribution in [1.82, 2.24) is 5.32 Å². The lowest BCUT2D eigenvalue weighted by molar-refractivity contribution is 0.0975. The molecule has 2 N–H and O–H groups in total. The third-order valence-corrected chi connectivity index (χ3v) is 4.73. The Bertz CT molecular complexity index is 851. The van der Waals surface area contributed by atoms with Crippen molar-refractivity contribution in [2.24, 2.45) is 4.99 Å². The fourth-order valence-corrected chi connectivity index (χ4v) is 2.95. The van der Waals surface area contributed by atoms with Gasteiger partial charge in [0.1, 0.15) is 5.82 Å². The van der Waals surface area contributed by atoms with Crippen molar-refractivity contribution >= 4 is 29.2 Å². The molecule has 1 aliphatic rings. The van der Waals surface area contributed by atoms with Gasteiger partial charge in [0.05, 0.1) is 12.6 Å². The van der Waals surface area contributed by atoms with Gasteiger partial charge in [0.15, 0.2) is 0 Å². The van der Waals surface area contributed by atoms with Crippen LogP contribution in [0.3, 0.4) is 0 Å². The average molecular weight is 390 g/mol. The molecule has 27 heavy (non-hydrogen) atoms. The molecule has 0 unspecified atom stereocenters. The molecular formula is C20H21ClFN3O2. The van der Waals surface area contributed by atoms with Gasteiger partial charge < -0.3 is 10.1 Å². The number of carbonyl (C=O) groups excluding carboxylic acids is 1. The van der Waals surface area contributed by atoms with E-state index in [0.717, 1.165) is 30.7 Å². The summed E-state index contributed by atoms with van der Waals surface area (Å²) in [7, 11) is 0. The summed E-state index contributed by atoms with van der Waals surface area (Å²) in [6, 6.07) is 10.9. The Hall–Kier alpha value is -2.44. The standard InChI is InChI=1S/C20H21ClFN3O2/c1-13-17(21)8-3-9-18(13)24-20(23-12-16-7-4-10-27-16)25-19(26)14-5-2-6-15(22)11-14/h2-3,5-6,8-9,11,16H,4,7,10,12H2,1H3,(H2,23,24,25,26)/t16-/m1/s1. The number of halogens is 2. The Morgan fingerprint density at radius 2 is 2.15 bits per heavy atom. The van der Waals surface area contributed by atoms with Crippen LogP contribution in [0.5, 0.6) is 0 Å². The maximum atomic E-state index is 13.4. The SMILES string of the molecule is Cc1c(Cl)cccc1NC(=NC[C@H]1CCCO1)NC(=O)c1cccc(F)c1. The van der Waals surface area contributed by atoms with Gasteiger partial charge in [-0.3, -0.25) is 10.1 Å². The third kappa shape index (κ3) is 5.28. The van der Waals surface area contributed by atoms with Crippen LogP contribution >= 0.6 is 11.6 Å². The topological polar surface area (TPSA) is 62.7 Å². The van der Waals surface area contributed by atoms with Gasteiger partial charge >= 0.3 is 0 Å². The Balaban J connectivity index is 1.79. The largest absolute Gasteiger partial charge is 0.376 e. The van der Waals surface area contributed by atoms with E-state index in [1.165, 1.54) is 18.2 Å². The number of benzene rings is 2. The molecule has 1 heterocycles. The van der Waals surface area contributed by atoms with E-state index in [9.17, 15) is 9.18 Å². The number of nitrogens with one attached hydrogen (secondary N) is 2. The van der Waals surface area contributed by atoms with Gasteiger partial charge in [0.2, 0.25) is 5.96 Å². The number of hydrogen-bond donors (Lipinski definition) is 2. The molecular weight excluding hydrogens is 369 g/mol. The minimum atomic E-state index is -0.473. The van der Waals surface area contributed by atoms with Crippen LogP contribution in [-0.2, 0) is 4.74 Å². The number of amides is 1. The van der Waals surface area contributed by atoms with E-state index in [1.807, 2.05) is 19.1 Å². The van der Waals surface area contributed by atoms with Crippen molar-refractivity contribution in [3.05, 3.63) is 64.4 Å². The van der Waals surface area contributed by atoms with Crippen LogP contribution in [0.1, 0.15) is 28.8 Å². The number of aliphatic imine (C=N–C) groups is 1. The molecule has 1 fully saturated rings. The molecule has 2 aromatic carbocycles. The van der Waals surface area contributed by atoms with E-state index in [-0.39, 0.29) is 17.6 Å². The molecule has 0 aliphatic carbocycles. The molecule has 1 amide bonds. The van der Waals surface area contributed by atoms with Crippen LogP contribution < -0.4 is 10.6 Å². The van der Waals surface area contributed by atoms with Crippen LogP contribution in [0.15, 0.2) is 47.5 Å². The van der Waals surface area contributed by atoms with Crippen molar-refractivity contribution in [2.45, 2.75) is 25.9 Å². The normalized spacial score (nSPS) is 17.0. The molecule has 0 radical (unpaired) electrons. The lowest BCUT2D eigenvalue weighted by Crippen LogP contribution is -2.37. The summed E-state index contributed by atoms with van der Waals surface area (Å²) >= 11 is 6.17. The molecule has 1 saturated heterocycles. The molecule has 0 spiro atoms. The second-order valence-electron chi connectivity index (χ2n) is 6.33. The predicted octanol–water partition coefficient (Wildman–Crippen LogP) is 4.16. The van der Waals surface area contributed by atoms with E-state index in [1.54, 1.807) is 12.1 Å². The van der Waals surface area contributed by atoms with Crippen molar-refractivity contribution < 1.29 is 13.9 Å². The maximum absolute atomic E-state index is 13.4. The maximum Gasteiger partial charge on any atom is 0.258 e. The summed E-state index contributed by atoms with van der Waals surface area (Å²) in [5.41, 5.74) is 1.78. The number of rotatable bonds is 4. The number of carbonyl (C=O) groups is 1. The fourth-order valence-electron chi connectivity index (χ4n) is 2.77. The van der Waals surface area contributed by atoms with E-state index in [2.05, 4.69) is 15.6 Å². The quantitative estimate of drug-likeness (QED) is 0.609. The number of hydrogen-bond acceptors (Lipinski definition) is 3. The molecule has 5 nitrogen and oxygen atoms in total. The van der Waals surface area contributed by atoms with Gasteiger partial charge in [-0.25, -0.2) is 9.38 Å². The van der Waals surface area contributed by atoms with E-state index in [4.69, 9.17) is 16.3 Å². The minimum Gasteiger partial charge on any atom is -0.376 e. The molecule has 0 bridgehead atoms. The molecule has 3 rings (SSSR count). The highest BCUT2D eigenvalue weighted by Gasteiger charge is 2.16. The van der Waals surface area contributed by atoms with Crippen LogP contribution in [0.4, 0.5) is 10.1 Å². The zero-order valence-corrected chi connectivity index (χ0v) is 15.7.